The normalized spacial score (nSPS) is 18.3. The topological polar surface area (TPSA) is 47.7 Å². The average molecular weight is 316 g/mol. The molecule has 0 spiro atoms. The molecule has 3 rings (SSSR count). The van der Waals surface area contributed by atoms with Gasteiger partial charge in [-0.15, -0.1) is 0 Å². The molecule has 1 saturated heterocycles. The molecule has 0 bridgehead atoms. The van der Waals surface area contributed by atoms with Crippen molar-refractivity contribution in [1.29, 1.82) is 0 Å². The first-order valence-corrected chi connectivity index (χ1v) is 8.01. The summed E-state index contributed by atoms with van der Waals surface area (Å²) in [5.41, 5.74) is 3.42. The number of rotatable bonds is 5. The molecule has 2 aromatic rings. The molecule has 1 fully saturated rings. The predicted octanol–water partition coefficient (Wildman–Crippen LogP) is 3.65. The zero-order valence-corrected chi connectivity index (χ0v) is 14.3. The van der Waals surface area contributed by atoms with Crippen LogP contribution in [0.3, 0.4) is 0 Å². The summed E-state index contributed by atoms with van der Waals surface area (Å²) < 4.78 is 16.2. The minimum atomic E-state index is 0.369. The molecule has 1 aromatic carbocycles. The molecule has 0 amide bonds. The van der Waals surface area contributed by atoms with Gasteiger partial charge in [0.05, 0.1) is 19.9 Å². The smallest absolute Gasteiger partial charge is 0.138 e. The summed E-state index contributed by atoms with van der Waals surface area (Å²) in [5.74, 6) is 2.61. The number of nitrogens with zero attached hydrogens (tertiary/aromatic N) is 2. The van der Waals surface area contributed by atoms with Crippen molar-refractivity contribution in [3.05, 3.63) is 40.8 Å². The molecule has 5 nitrogen and oxygen atoms in total. The Labute approximate surface area is 137 Å². The van der Waals surface area contributed by atoms with Gasteiger partial charge < -0.3 is 14.0 Å². The molecular formula is C18H24N2O3. The van der Waals surface area contributed by atoms with Gasteiger partial charge in [-0.2, -0.15) is 0 Å². The Kier molecular flexibility index (Phi) is 4.57. The third-order valence-electron chi connectivity index (χ3n) is 4.65. The van der Waals surface area contributed by atoms with Crippen LogP contribution in [0.15, 0.2) is 22.7 Å². The largest absolute Gasteiger partial charge is 0.497 e. The highest BCUT2D eigenvalue weighted by Gasteiger charge is 2.31. The van der Waals surface area contributed by atoms with Crippen LogP contribution in [0.25, 0.3) is 0 Å². The Bertz CT molecular complexity index is 661. The van der Waals surface area contributed by atoms with E-state index in [-0.39, 0.29) is 0 Å². The van der Waals surface area contributed by atoms with E-state index in [4.69, 9.17) is 14.0 Å². The van der Waals surface area contributed by atoms with Gasteiger partial charge in [-0.1, -0.05) is 11.2 Å². The molecule has 2 heterocycles. The van der Waals surface area contributed by atoms with E-state index in [1.54, 1.807) is 14.2 Å². The van der Waals surface area contributed by atoms with Crippen LogP contribution < -0.4 is 9.47 Å². The fourth-order valence-electron chi connectivity index (χ4n) is 3.51. The molecule has 5 heteroatoms. The van der Waals surface area contributed by atoms with Crippen molar-refractivity contribution in [2.24, 2.45) is 0 Å². The molecule has 1 aliphatic rings. The second-order valence-corrected chi connectivity index (χ2v) is 6.04. The van der Waals surface area contributed by atoms with Crippen LogP contribution in [0.5, 0.6) is 11.5 Å². The standard InChI is InChI=1S/C18H24N2O3/c1-12-18(13(2)23-19-12)16-6-5-9-20(16)11-14-7-8-15(21-3)10-17(14)22-4/h7-8,10,16H,5-6,9,11H2,1-4H3/t16-/m0/s1. The highest BCUT2D eigenvalue weighted by molar-refractivity contribution is 5.41. The van der Waals surface area contributed by atoms with Crippen LogP contribution in [0, 0.1) is 13.8 Å². The molecule has 1 aliphatic heterocycles. The van der Waals surface area contributed by atoms with E-state index in [0.717, 1.165) is 42.5 Å². The number of likely N-dealkylation sites (tertiary alicyclic amines) is 1. The number of aromatic nitrogens is 1. The molecule has 0 N–H and O–H groups in total. The van der Waals surface area contributed by atoms with Crippen molar-refractivity contribution in [1.82, 2.24) is 10.1 Å². The van der Waals surface area contributed by atoms with Gasteiger partial charge in [0.2, 0.25) is 0 Å². The zero-order chi connectivity index (χ0) is 16.4. The summed E-state index contributed by atoms with van der Waals surface area (Å²) in [6.45, 7) is 5.95. The summed E-state index contributed by atoms with van der Waals surface area (Å²) in [5, 5.41) is 4.12. The lowest BCUT2D eigenvalue weighted by molar-refractivity contribution is 0.241. The number of hydrogen-bond donors (Lipinski definition) is 0. The first-order chi connectivity index (χ1) is 11.1. The molecule has 0 aliphatic carbocycles. The molecule has 0 saturated carbocycles. The highest BCUT2D eigenvalue weighted by Crippen LogP contribution is 2.37. The quantitative estimate of drug-likeness (QED) is 0.842. The van der Waals surface area contributed by atoms with Gasteiger partial charge in [0, 0.05) is 29.8 Å². The summed E-state index contributed by atoms with van der Waals surface area (Å²) >= 11 is 0. The number of aryl methyl sites for hydroxylation is 2. The Morgan fingerprint density at radius 3 is 2.74 bits per heavy atom. The van der Waals surface area contributed by atoms with Gasteiger partial charge in [0.1, 0.15) is 17.3 Å². The van der Waals surface area contributed by atoms with E-state index in [0.29, 0.717) is 6.04 Å². The van der Waals surface area contributed by atoms with Gasteiger partial charge in [0.15, 0.2) is 0 Å². The van der Waals surface area contributed by atoms with Crippen molar-refractivity contribution >= 4 is 0 Å². The third kappa shape index (κ3) is 3.06. The zero-order valence-electron chi connectivity index (χ0n) is 14.3. The number of hydrogen-bond acceptors (Lipinski definition) is 5. The Hall–Kier alpha value is -2.01. The predicted molar refractivity (Wildman–Crippen MR) is 87.9 cm³/mol. The van der Waals surface area contributed by atoms with Gasteiger partial charge in [0.25, 0.3) is 0 Å². The van der Waals surface area contributed by atoms with Crippen LogP contribution in [-0.2, 0) is 6.54 Å². The molecule has 1 aromatic heterocycles. The van der Waals surface area contributed by atoms with E-state index in [1.165, 1.54) is 17.5 Å². The van der Waals surface area contributed by atoms with Crippen LogP contribution in [0.2, 0.25) is 0 Å². The Balaban J connectivity index is 1.85. The van der Waals surface area contributed by atoms with E-state index < -0.39 is 0 Å². The number of methoxy groups -OCH3 is 2. The van der Waals surface area contributed by atoms with Crippen molar-refractivity contribution in [2.45, 2.75) is 39.3 Å². The maximum absolute atomic E-state index is 5.53. The number of ether oxygens (including phenoxy) is 2. The summed E-state index contributed by atoms with van der Waals surface area (Å²) in [6.07, 6.45) is 2.33. The molecule has 0 radical (unpaired) electrons. The summed E-state index contributed by atoms with van der Waals surface area (Å²) in [4.78, 5) is 2.48. The minimum absolute atomic E-state index is 0.369. The average Bonchev–Trinajstić information content (AvgIpc) is 3.14. The molecule has 1 atom stereocenters. The van der Waals surface area contributed by atoms with Crippen molar-refractivity contribution in [2.75, 3.05) is 20.8 Å². The summed E-state index contributed by atoms with van der Waals surface area (Å²) in [7, 11) is 3.37. The molecule has 23 heavy (non-hydrogen) atoms. The van der Waals surface area contributed by atoms with Crippen molar-refractivity contribution < 1.29 is 14.0 Å². The van der Waals surface area contributed by atoms with Gasteiger partial charge in [-0.05, 0) is 39.3 Å². The molecule has 0 unspecified atom stereocenters. The van der Waals surface area contributed by atoms with Gasteiger partial charge >= 0.3 is 0 Å². The lowest BCUT2D eigenvalue weighted by Crippen LogP contribution is -2.23. The lowest BCUT2D eigenvalue weighted by Gasteiger charge is -2.25. The molecular weight excluding hydrogens is 292 g/mol. The number of benzene rings is 1. The maximum Gasteiger partial charge on any atom is 0.138 e. The second-order valence-electron chi connectivity index (χ2n) is 6.04. The summed E-state index contributed by atoms with van der Waals surface area (Å²) in [6, 6.07) is 6.38. The second kappa shape index (κ2) is 6.62. The van der Waals surface area contributed by atoms with E-state index in [9.17, 15) is 0 Å². The SMILES string of the molecule is COc1ccc(CN2CCC[C@H]2c2c(C)noc2C)c(OC)c1. The monoisotopic (exact) mass is 316 g/mol. The van der Waals surface area contributed by atoms with E-state index >= 15 is 0 Å². The Morgan fingerprint density at radius 2 is 2.09 bits per heavy atom. The molecule has 124 valence electrons. The van der Waals surface area contributed by atoms with Crippen LogP contribution >= 0.6 is 0 Å². The van der Waals surface area contributed by atoms with Crippen LogP contribution in [0.4, 0.5) is 0 Å². The van der Waals surface area contributed by atoms with Gasteiger partial charge in [-0.3, -0.25) is 4.90 Å². The first kappa shape index (κ1) is 15.9. The van der Waals surface area contributed by atoms with E-state index in [2.05, 4.69) is 16.1 Å². The van der Waals surface area contributed by atoms with Crippen molar-refractivity contribution in [3.63, 3.8) is 0 Å². The first-order valence-electron chi connectivity index (χ1n) is 8.01. The van der Waals surface area contributed by atoms with E-state index in [1.807, 2.05) is 26.0 Å². The minimum Gasteiger partial charge on any atom is -0.497 e. The van der Waals surface area contributed by atoms with Gasteiger partial charge in [-0.25, -0.2) is 0 Å². The Morgan fingerprint density at radius 1 is 1.26 bits per heavy atom. The fourth-order valence-corrected chi connectivity index (χ4v) is 3.51. The lowest BCUT2D eigenvalue weighted by atomic mass is 10.0. The van der Waals surface area contributed by atoms with Crippen LogP contribution in [-0.4, -0.2) is 30.8 Å². The maximum atomic E-state index is 5.53. The third-order valence-corrected chi connectivity index (χ3v) is 4.65. The highest BCUT2D eigenvalue weighted by atomic mass is 16.5. The van der Waals surface area contributed by atoms with Crippen molar-refractivity contribution in [3.8, 4) is 11.5 Å². The fraction of sp³-hybridized carbons (Fsp3) is 0.500. The van der Waals surface area contributed by atoms with Crippen LogP contribution in [0.1, 0.15) is 41.5 Å².